The standard InChI is InChI=1S/C26H24N4O4/c1-34-20-9-5-6-17(12-20)15-30-23-10-11-29(25(32)22-14-27-26(33)28-22)16-19(23)13-21(24(30)31)18-7-3-2-4-8-18/h2-9,12-14H,10-11,15-16H2,1H3,(H2,27,28,33). The van der Waals surface area contributed by atoms with Crippen molar-refractivity contribution in [1.82, 2.24) is 19.4 Å². The number of benzene rings is 2. The van der Waals surface area contributed by atoms with E-state index in [9.17, 15) is 14.4 Å². The van der Waals surface area contributed by atoms with Crippen molar-refractivity contribution in [2.24, 2.45) is 0 Å². The molecule has 8 nitrogen and oxygen atoms in total. The Bertz CT molecular complexity index is 1470. The first kappa shape index (κ1) is 21.5. The molecule has 4 aromatic rings. The molecule has 2 aromatic heterocycles. The highest BCUT2D eigenvalue weighted by atomic mass is 16.5. The molecule has 0 fully saturated rings. The van der Waals surface area contributed by atoms with Crippen LogP contribution in [-0.4, -0.2) is 39.0 Å². The molecule has 1 amide bonds. The van der Waals surface area contributed by atoms with Crippen LogP contribution in [0.15, 0.2) is 76.4 Å². The van der Waals surface area contributed by atoms with Crippen LogP contribution in [0.3, 0.4) is 0 Å². The van der Waals surface area contributed by atoms with Gasteiger partial charge in [-0.1, -0.05) is 42.5 Å². The number of amides is 1. The smallest absolute Gasteiger partial charge is 0.323 e. The van der Waals surface area contributed by atoms with Crippen LogP contribution in [-0.2, 0) is 19.5 Å². The molecular formula is C26H24N4O4. The number of pyridine rings is 1. The first-order valence-corrected chi connectivity index (χ1v) is 11.0. The Morgan fingerprint density at radius 2 is 1.88 bits per heavy atom. The number of fused-ring (bicyclic) bond motifs is 1. The number of hydrogen-bond donors (Lipinski definition) is 2. The minimum absolute atomic E-state index is 0.0671. The number of aromatic nitrogens is 3. The molecule has 0 atom stereocenters. The number of nitrogens with one attached hydrogen (secondary N) is 2. The largest absolute Gasteiger partial charge is 0.497 e. The topological polar surface area (TPSA) is 100 Å². The zero-order valence-corrected chi connectivity index (χ0v) is 18.7. The summed E-state index contributed by atoms with van der Waals surface area (Å²) >= 11 is 0. The molecule has 1 aliphatic rings. The van der Waals surface area contributed by atoms with Crippen LogP contribution in [0.2, 0.25) is 0 Å². The predicted octanol–water partition coefficient (Wildman–Crippen LogP) is 2.79. The predicted molar refractivity (Wildman–Crippen MR) is 128 cm³/mol. The van der Waals surface area contributed by atoms with E-state index in [0.717, 1.165) is 28.1 Å². The lowest BCUT2D eigenvalue weighted by atomic mass is 9.98. The average Bonchev–Trinajstić information content (AvgIpc) is 3.31. The molecule has 2 aromatic carbocycles. The number of rotatable bonds is 5. The summed E-state index contributed by atoms with van der Waals surface area (Å²) in [6.07, 6.45) is 1.92. The molecule has 34 heavy (non-hydrogen) atoms. The Balaban J connectivity index is 1.58. The zero-order chi connectivity index (χ0) is 23.7. The van der Waals surface area contributed by atoms with E-state index in [1.807, 2.05) is 65.2 Å². The van der Waals surface area contributed by atoms with Gasteiger partial charge in [0.15, 0.2) is 0 Å². The van der Waals surface area contributed by atoms with Gasteiger partial charge in [-0.25, -0.2) is 4.79 Å². The molecule has 1 aliphatic heterocycles. The number of imidazole rings is 1. The highest BCUT2D eigenvalue weighted by Crippen LogP contribution is 2.25. The number of nitrogens with zero attached hydrogens (tertiary/aromatic N) is 2. The first-order valence-electron chi connectivity index (χ1n) is 11.0. The summed E-state index contributed by atoms with van der Waals surface area (Å²) in [6, 6.07) is 19.1. The Morgan fingerprint density at radius 1 is 1.06 bits per heavy atom. The third kappa shape index (κ3) is 4.05. The molecule has 0 saturated carbocycles. The summed E-state index contributed by atoms with van der Waals surface area (Å²) in [4.78, 5) is 44.7. The van der Waals surface area contributed by atoms with Crippen LogP contribution >= 0.6 is 0 Å². The maximum atomic E-state index is 13.6. The Morgan fingerprint density at radius 3 is 2.62 bits per heavy atom. The summed E-state index contributed by atoms with van der Waals surface area (Å²) in [6.45, 7) is 1.19. The monoisotopic (exact) mass is 456 g/mol. The van der Waals surface area contributed by atoms with Crippen molar-refractivity contribution < 1.29 is 9.53 Å². The minimum Gasteiger partial charge on any atom is -0.497 e. The number of hydrogen-bond acceptors (Lipinski definition) is 4. The molecular weight excluding hydrogens is 432 g/mol. The molecule has 2 N–H and O–H groups in total. The quantitative estimate of drug-likeness (QED) is 0.482. The molecule has 0 radical (unpaired) electrons. The SMILES string of the molecule is COc1cccc(Cn2c3c(cc(-c4ccccc4)c2=O)CN(C(=O)c2c[nH]c(=O)[nH]2)CC3)c1. The number of methoxy groups -OCH3 is 1. The van der Waals surface area contributed by atoms with Gasteiger partial charge in [0.05, 0.1) is 13.7 Å². The maximum Gasteiger partial charge on any atom is 0.323 e. The Hall–Kier alpha value is -4.33. The van der Waals surface area contributed by atoms with Crippen molar-refractivity contribution in [2.75, 3.05) is 13.7 Å². The summed E-state index contributed by atoms with van der Waals surface area (Å²) < 4.78 is 7.17. The fourth-order valence-corrected chi connectivity index (χ4v) is 4.45. The lowest BCUT2D eigenvalue weighted by Gasteiger charge is -2.31. The molecule has 8 heteroatoms. The van der Waals surface area contributed by atoms with Gasteiger partial charge in [-0.15, -0.1) is 0 Å². The second-order valence-corrected chi connectivity index (χ2v) is 8.27. The maximum absolute atomic E-state index is 13.6. The van der Waals surface area contributed by atoms with Gasteiger partial charge in [0.25, 0.3) is 11.5 Å². The van der Waals surface area contributed by atoms with Crippen molar-refractivity contribution in [3.05, 3.63) is 110 Å². The molecule has 0 spiro atoms. The van der Waals surface area contributed by atoms with Crippen molar-refractivity contribution in [3.8, 4) is 16.9 Å². The highest BCUT2D eigenvalue weighted by molar-refractivity contribution is 5.92. The van der Waals surface area contributed by atoms with Crippen molar-refractivity contribution in [2.45, 2.75) is 19.5 Å². The van der Waals surface area contributed by atoms with Gasteiger partial charge in [0, 0.05) is 37.0 Å². The molecule has 0 unspecified atom stereocenters. The second-order valence-electron chi connectivity index (χ2n) is 8.27. The van der Waals surface area contributed by atoms with Crippen molar-refractivity contribution in [3.63, 3.8) is 0 Å². The van der Waals surface area contributed by atoms with Gasteiger partial charge in [-0.3, -0.25) is 9.59 Å². The second kappa shape index (κ2) is 8.90. The van der Waals surface area contributed by atoms with Crippen molar-refractivity contribution >= 4 is 5.91 Å². The van der Waals surface area contributed by atoms with E-state index >= 15 is 0 Å². The fraction of sp³-hybridized carbons (Fsp3) is 0.192. The van der Waals surface area contributed by atoms with E-state index in [1.165, 1.54) is 6.20 Å². The van der Waals surface area contributed by atoms with Gasteiger partial charge in [-0.05, 0) is 34.9 Å². The van der Waals surface area contributed by atoms with Gasteiger partial charge in [0.2, 0.25) is 0 Å². The lowest BCUT2D eigenvalue weighted by Crippen LogP contribution is -2.40. The fourth-order valence-electron chi connectivity index (χ4n) is 4.45. The summed E-state index contributed by atoms with van der Waals surface area (Å²) in [5.41, 5.74) is 3.94. The van der Waals surface area contributed by atoms with E-state index < -0.39 is 5.69 Å². The summed E-state index contributed by atoms with van der Waals surface area (Å²) in [7, 11) is 1.62. The molecule has 172 valence electrons. The van der Waals surface area contributed by atoms with Crippen molar-refractivity contribution in [1.29, 1.82) is 0 Å². The van der Waals surface area contributed by atoms with E-state index in [-0.39, 0.29) is 17.2 Å². The number of carbonyl (C=O) groups is 1. The van der Waals surface area contributed by atoms with Gasteiger partial charge < -0.3 is 24.2 Å². The third-order valence-electron chi connectivity index (χ3n) is 6.14. The van der Waals surface area contributed by atoms with Gasteiger partial charge >= 0.3 is 5.69 Å². The number of ether oxygens (including phenoxy) is 1. The van der Waals surface area contributed by atoms with E-state index in [1.54, 1.807) is 12.0 Å². The normalized spacial score (nSPS) is 12.9. The number of H-pyrrole nitrogens is 2. The highest BCUT2D eigenvalue weighted by Gasteiger charge is 2.26. The van der Waals surface area contributed by atoms with E-state index in [2.05, 4.69) is 9.97 Å². The van der Waals surface area contributed by atoms with Gasteiger partial charge in [0.1, 0.15) is 11.4 Å². The lowest BCUT2D eigenvalue weighted by molar-refractivity contribution is 0.0726. The average molecular weight is 457 g/mol. The van der Waals surface area contributed by atoms with Crippen LogP contribution < -0.4 is 16.0 Å². The zero-order valence-electron chi connectivity index (χ0n) is 18.7. The van der Waals surface area contributed by atoms with Crippen LogP contribution in [0.4, 0.5) is 0 Å². The molecule has 3 heterocycles. The van der Waals surface area contributed by atoms with Crippen LogP contribution in [0.1, 0.15) is 27.3 Å². The van der Waals surface area contributed by atoms with E-state index in [0.29, 0.717) is 31.6 Å². The molecule has 0 saturated heterocycles. The van der Waals surface area contributed by atoms with Gasteiger partial charge in [-0.2, -0.15) is 0 Å². The molecule has 5 rings (SSSR count). The minimum atomic E-state index is -0.417. The van der Waals surface area contributed by atoms with E-state index in [4.69, 9.17) is 4.74 Å². The molecule has 0 aliphatic carbocycles. The number of aromatic amines is 2. The van der Waals surface area contributed by atoms with Crippen LogP contribution in [0.5, 0.6) is 5.75 Å². The summed E-state index contributed by atoms with van der Waals surface area (Å²) in [5, 5.41) is 0. The first-order chi connectivity index (χ1) is 16.5. The number of carbonyl (C=O) groups excluding carboxylic acids is 1. The Kier molecular flexibility index (Phi) is 5.63. The third-order valence-corrected chi connectivity index (χ3v) is 6.14. The van der Waals surface area contributed by atoms with Crippen LogP contribution in [0, 0.1) is 0 Å². The summed E-state index contributed by atoms with van der Waals surface area (Å²) in [5.74, 6) is 0.478. The Labute approximate surface area is 195 Å². The van der Waals surface area contributed by atoms with Crippen LogP contribution in [0.25, 0.3) is 11.1 Å². The molecule has 0 bridgehead atoms.